The Balaban J connectivity index is 2.30. The normalized spacial score (nSPS) is 10.6. The number of unbranched alkanes of at least 4 members (excludes halogenated alkanes) is 2. The maximum absolute atomic E-state index is 6.42. The molecule has 2 aromatic rings. The molecular weight excluding hydrogens is 338 g/mol. The van der Waals surface area contributed by atoms with Gasteiger partial charge in [-0.25, -0.2) is 9.97 Å². The lowest BCUT2D eigenvalue weighted by molar-refractivity contribution is 0.340. The van der Waals surface area contributed by atoms with Gasteiger partial charge in [0.1, 0.15) is 5.75 Å². The third kappa shape index (κ3) is 4.98. The first-order valence-electron chi connectivity index (χ1n) is 8.69. The predicted octanol–water partition coefficient (Wildman–Crippen LogP) is 5.11. The molecule has 0 atom stereocenters. The van der Waals surface area contributed by atoms with Gasteiger partial charge < -0.3 is 14.8 Å². The van der Waals surface area contributed by atoms with Gasteiger partial charge >= 0.3 is 0 Å². The molecule has 0 amide bonds. The minimum Gasteiger partial charge on any atom is -0.494 e. The minimum absolute atomic E-state index is 0.474. The SMILES string of the molecule is CCCCCNc1nc(C)c(-c2ccc(OCC)cc2Cl)nc1OC. The molecule has 0 fully saturated rings. The van der Waals surface area contributed by atoms with Crippen molar-refractivity contribution in [1.29, 1.82) is 0 Å². The highest BCUT2D eigenvalue weighted by Gasteiger charge is 2.15. The Morgan fingerprint density at radius 1 is 1.16 bits per heavy atom. The molecule has 5 nitrogen and oxygen atoms in total. The second kappa shape index (κ2) is 9.47. The van der Waals surface area contributed by atoms with Gasteiger partial charge in [-0.3, -0.25) is 0 Å². The molecule has 1 N–H and O–H groups in total. The number of methoxy groups -OCH3 is 1. The summed E-state index contributed by atoms with van der Waals surface area (Å²) in [6, 6.07) is 5.58. The van der Waals surface area contributed by atoms with Gasteiger partial charge in [0.05, 0.1) is 30.1 Å². The van der Waals surface area contributed by atoms with Crippen molar-refractivity contribution in [3.8, 4) is 22.9 Å². The van der Waals surface area contributed by atoms with E-state index < -0.39 is 0 Å². The van der Waals surface area contributed by atoms with Crippen LogP contribution in [0.5, 0.6) is 11.6 Å². The van der Waals surface area contributed by atoms with Crippen LogP contribution in [0.3, 0.4) is 0 Å². The number of benzene rings is 1. The van der Waals surface area contributed by atoms with Gasteiger partial charge in [0.15, 0.2) is 5.82 Å². The van der Waals surface area contributed by atoms with Crippen molar-refractivity contribution in [3.63, 3.8) is 0 Å². The molecule has 0 aliphatic heterocycles. The summed E-state index contributed by atoms with van der Waals surface area (Å²) in [7, 11) is 1.60. The van der Waals surface area contributed by atoms with Crippen LogP contribution >= 0.6 is 11.6 Å². The highest BCUT2D eigenvalue weighted by molar-refractivity contribution is 6.33. The fourth-order valence-electron chi connectivity index (χ4n) is 2.54. The van der Waals surface area contributed by atoms with Crippen LogP contribution < -0.4 is 14.8 Å². The monoisotopic (exact) mass is 363 g/mol. The van der Waals surface area contributed by atoms with Gasteiger partial charge in [0, 0.05) is 12.1 Å². The summed E-state index contributed by atoms with van der Waals surface area (Å²) >= 11 is 6.42. The smallest absolute Gasteiger partial charge is 0.257 e. The van der Waals surface area contributed by atoms with Gasteiger partial charge in [-0.05, 0) is 38.5 Å². The summed E-state index contributed by atoms with van der Waals surface area (Å²) in [4.78, 5) is 9.25. The first kappa shape index (κ1) is 19.3. The van der Waals surface area contributed by atoms with Gasteiger partial charge in [-0.15, -0.1) is 0 Å². The van der Waals surface area contributed by atoms with E-state index in [2.05, 4.69) is 22.2 Å². The molecule has 136 valence electrons. The van der Waals surface area contributed by atoms with Crippen molar-refractivity contribution in [1.82, 2.24) is 9.97 Å². The summed E-state index contributed by atoms with van der Waals surface area (Å²) in [5.41, 5.74) is 2.32. The predicted molar refractivity (Wildman–Crippen MR) is 103 cm³/mol. The van der Waals surface area contributed by atoms with E-state index in [9.17, 15) is 0 Å². The van der Waals surface area contributed by atoms with E-state index in [1.807, 2.05) is 26.0 Å². The lowest BCUT2D eigenvalue weighted by Gasteiger charge is -2.14. The molecular formula is C19H26ClN3O2. The standard InChI is InChI=1S/C19H26ClN3O2/c1-5-7-8-11-21-18-19(24-4)23-17(13(3)22-18)15-10-9-14(25-6-2)12-16(15)20/h9-10,12H,5-8,11H2,1-4H3,(H,21,22). The number of anilines is 1. The quantitative estimate of drug-likeness (QED) is 0.627. The number of ether oxygens (including phenoxy) is 2. The second-order valence-electron chi connectivity index (χ2n) is 5.72. The topological polar surface area (TPSA) is 56.3 Å². The van der Waals surface area contributed by atoms with Crippen molar-refractivity contribution >= 4 is 17.4 Å². The number of hydrogen-bond acceptors (Lipinski definition) is 5. The largest absolute Gasteiger partial charge is 0.494 e. The Bertz CT molecular complexity index is 707. The number of aryl methyl sites for hydroxylation is 1. The summed E-state index contributed by atoms with van der Waals surface area (Å²) in [6.07, 6.45) is 3.45. The number of nitrogens with one attached hydrogen (secondary N) is 1. The van der Waals surface area contributed by atoms with Crippen LogP contribution in [0.25, 0.3) is 11.3 Å². The van der Waals surface area contributed by atoms with E-state index in [1.165, 1.54) is 12.8 Å². The zero-order valence-electron chi connectivity index (χ0n) is 15.4. The van der Waals surface area contributed by atoms with Crippen molar-refractivity contribution in [3.05, 3.63) is 28.9 Å². The van der Waals surface area contributed by atoms with Crippen LogP contribution in [0.4, 0.5) is 5.82 Å². The van der Waals surface area contributed by atoms with Crippen LogP contribution in [-0.4, -0.2) is 30.2 Å². The average Bonchev–Trinajstić information content (AvgIpc) is 2.60. The Morgan fingerprint density at radius 2 is 1.96 bits per heavy atom. The van der Waals surface area contributed by atoms with Gasteiger partial charge in [0.2, 0.25) is 0 Å². The third-order valence-corrected chi connectivity index (χ3v) is 4.12. The molecule has 6 heteroatoms. The zero-order chi connectivity index (χ0) is 18.2. The Kier molecular flexibility index (Phi) is 7.31. The third-order valence-electron chi connectivity index (χ3n) is 3.81. The molecule has 0 unspecified atom stereocenters. The van der Waals surface area contributed by atoms with Crippen LogP contribution in [-0.2, 0) is 0 Å². The van der Waals surface area contributed by atoms with Crippen LogP contribution in [0, 0.1) is 6.92 Å². The molecule has 0 saturated carbocycles. The van der Waals surface area contributed by atoms with Gasteiger partial charge in [0.25, 0.3) is 5.88 Å². The lowest BCUT2D eigenvalue weighted by atomic mass is 10.1. The summed E-state index contributed by atoms with van der Waals surface area (Å²) in [5, 5.41) is 3.89. The molecule has 1 aromatic carbocycles. The maximum Gasteiger partial charge on any atom is 0.257 e. The number of nitrogens with zero attached hydrogens (tertiary/aromatic N) is 2. The van der Waals surface area contributed by atoms with Crippen molar-refractivity contribution in [2.24, 2.45) is 0 Å². The molecule has 0 aliphatic rings. The fraction of sp³-hybridized carbons (Fsp3) is 0.474. The Labute approximate surface area is 154 Å². The molecule has 2 rings (SSSR count). The zero-order valence-corrected chi connectivity index (χ0v) is 16.1. The first-order chi connectivity index (χ1) is 12.1. The van der Waals surface area contributed by atoms with Crippen molar-refractivity contribution in [2.45, 2.75) is 40.0 Å². The summed E-state index contributed by atoms with van der Waals surface area (Å²) < 4.78 is 10.9. The van der Waals surface area contributed by atoms with Crippen LogP contribution in [0.1, 0.15) is 38.8 Å². The molecule has 0 saturated heterocycles. The molecule has 25 heavy (non-hydrogen) atoms. The fourth-order valence-corrected chi connectivity index (χ4v) is 2.80. The Hall–Kier alpha value is -2.01. The van der Waals surface area contributed by atoms with E-state index in [1.54, 1.807) is 13.2 Å². The van der Waals surface area contributed by atoms with E-state index in [0.29, 0.717) is 29.0 Å². The number of rotatable bonds is 9. The van der Waals surface area contributed by atoms with Gasteiger partial charge in [-0.1, -0.05) is 31.4 Å². The molecule has 0 bridgehead atoms. The summed E-state index contributed by atoms with van der Waals surface area (Å²) in [6.45, 7) is 7.49. The average molecular weight is 364 g/mol. The number of halogens is 1. The molecule has 0 spiro atoms. The van der Waals surface area contributed by atoms with Crippen LogP contribution in [0.2, 0.25) is 5.02 Å². The highest BCUT2D eigenvalue weighted by Crippen LogP contribution is 2.34. The minimum atomic E-state index is 0.474. The molecule has 1 heterocycles. The number of aromatic nitrogens is 2. The molecule has 1 aromatic heterocycles. The van der Waals surface area contributed by atoms with Gasteiger partial charge in [-0.2, -0.15) is 0 Å². The summed E-state index contributed by atoms with van der Waals surface area (Å²) in [5.74, 6) is 1.88. The van der Waals surface area contributed by atoms with Crippen molar-refractivity contribution < 1.29 is 9.47 Å². The van der Waals surface area contributed by atoms with E-state index >= 15 is 0 Å². The van der Waals surface area contributed by atoms with Crippen molar-refractivity contribution in [2.75, 3.05) is 25.6 Å². The second-order valence-corrected chi connectivity index (χ2v) is 6.13. The highest BCUT2D eigenvalue weighted by atomic mass is 35.5. The first-order valence-corrected chi connectivity index (χ1v) is 9.07. The van der Waals surface area contributed by atoms with E-state index in [0.717, 1.165) is 30.0 Å². The van der Waals surface area contributed by atoms with Crippen LogP contribution in [0.15, 0.2) is 18.2 Å². The molecule has 0 radical (unpaired) electrons. The van der Waals surface area contributed by atoms with E-state index in [-0.39, 0.29) is 0 Å². The Morgan fingerprint density at radius 3 is 2.60 bits per heavy atom. The number of hydrogen-bond donors (Lipinski definition) is 1. The molecule has 0 aliphatic carbocycles. The van der Waals surface area contributed by atoms with E-state index in [4.69, 9.17) is 21.1 Å². The lowest BCUT2D eigenvalue weighted by Crippen LogP contribution is -2.08. The maximum atomic E-state index is 6.42.